The smallest absolute Gasteiger partial charge is 0.246 e. The van der Waals surface area contributed by atoms with Crippen LogP contribution < -0.4 is 10.6 Å². The van der Waals surface area contributed by atoms with Gasteiger partial charge >= 0.3 is 0 Å². The summed E-state index contributed by atoms with van der Waals surface area (Å²) in [5.41, 5.74) is 2.90. The lowest BCUT2D eigenvalue weighted by Crippen LogP contribution is -2.36. The molecule has 26 heavy (non-hydrogen) atoms. The van der Waals surface area contributed by atoms with Crippen LogP contribution in [0.5, 0.6) is 0 Å². The Bertz CT molecular complexity index is 866. The third-order valence-corrected chi connectivity index (χ3v) is 3.57. The highest BCUT2D eigenvalue weighted by Crippen LogP contribution is 2.19. The molecule has 2 heterocycles. The van der Waals surface area contributed by atoms with E-state index in [1.807, 2.05) is 38.1 Å². The van der Waals surface area contributed by atoms with Crippen molar-refractivity contribution in [3.63, 3.8) is 0 Å². The van der Waals surface area contributed by atoms with Gasteiger partial charge in [0.1, 0.15) is 12.0 Å². The maximum atomic E-state index is 5.56. The van der Waals surface area contributed by atoms with Crippen molar-refractivity contribution in [3.05, 3.63) is 53.5 Å². The Morgan fingerprint density at radius 1 is 1.12 bits per heavy atom. The van der Waals surface area contributed by atoms with Gasteiger partial charge < -0.3 is 19.6 Å². The molecular formula is C18H22N6O2. The summed E-state index contributed by atoms with van der Waals surface area (Å²) in [6.07, 6.45) is 1.63. The van der Waals surface area contributed by atoms with Gasteiger partial charge in [0, 0.05) is 12.1 Å². The quantitative estimate of drug-likeness (QED) is 0.518. The fourth-order valence-electron chi connectivity index (χ4n) is 2.28. The van der Waals surface area contributed by atoms with E-state index >= 15 is 0 Å². The van der Waals surface area contributed by atoms with E-state index in [0.29, 0.717) is 36.7 Å². The number of guanidine groups is 1. The first kappa shape index (κ1) is 17.7. The van der Waals surface area contributed by atoms with E-state index in [0.717, 1.165) is 17.8 Å². The second-order valence-electron chi connectivity index (χ2n) is 5.79. The zero-order valence-corrected chi connectivity index (χ0v) is 15.1. The van der Waals surface area contributed by atoms with Crippen molar-refractivity contribution in [3.8, 4) is 11.5 Å². The van der Waals surface area contributed by atoms with Crippen LogP contribution in [0.15, 0.2) is 44.5 Å². The van der Waals surface area contributed by atoms with E-state index in [1.165, 1.54) is 5.56 Å². The van der Waals surface area contributed by atoms with Crippen LogP contribution in [0, 0.1) is 13.8 Å². The van der Waals surface area contributed by atoms with Crippen LogP contribution in [0.1, 0.15) is 29.9 Å². The molecule has 0 saturated heterocycles. The van der Waals surface area contributed by atoms with Crippen LogP contribution in [0.4, 0.5) is 0 Å². The maximum absolute atomic E-state index is 5.56. The monoisotopic (exact) mass is 354 g/mol. The van der Waals surface area contributed by atoms with Gasteiger partial charge in [0.2, 0.25) is 11.8 Å². The number of rotatable bonds is 6. The van der Waals surface area contributed by atoms with E-state index < -0.39 is 0 Å². The maximum Gasteiger partial charge on any atom is 0.246 e. The van der Waals surface area contributed by atoms with E-state index in [4.69, 9.17) is 8.94 Å². The summed E-state index contributed by atoms with van der Waals surface area (Å²) in [6.45, 7) is 7.36. The molecule has 0 bridgehead atoms. The van der Waals surface area contributed by atoms with Crippen molar-refractivity contribution in [2.24, 2.45) is 4.99 Å². The van der Waals surface area contributed by atoms with Gasteiger partial charge in [-0.3, -0.25) is 0 Å². The van der Waals surface area contributed by atoms with Gasteiger partial charge in [0.05, 0.1) is 13.1 Å². The Kier molecular flexibility index (Phi) is 5.62. The van der Waals surface area contributed by atoms with E-state index in [-0.39, 0.29) is 0 Å². The molecule has 0 aliphatic rings. The minimum absolute atomic E-state index is 0.396. The van der Waals surface area contributed by atoms with Gasteiger partial charge in [-0.1, -0.05) is 22.9 Å². The summed E-state index contributed by atoms with van der Waals surface area (Å²) in [7, 11) is 0. The summed E-state index contributed by atoms with van der Waals surface area (Å²) in [5.74, 6) is 2.35. The van der Waals surface area contributed by atoms with Crippen molar-refractivity contribution in [2.75, 3.05) is 6.54 Å². The molecule has 0 atom stereocenters. The summed E-state index contributed by atoms with van der Waals surface area (Å²) in [5, 5.41) is 10.1. The molecule has 0 radical (unpaired) electrons. The average molecular weight is 354 g/mol. The van der Waals surface area contributed by atoms with Crippen molar-refractivity contribution in [1.82, 2.24) is 25.8 Å². The number of benzene rings is 1. The highest BCUT2D eigenvalue weighted by Gasteiger charge is 2.08. The number of hydrogen-bond donors (Lipinski definition) is 2. The molecule has 0 unspecified atom stereocenters. The average Bonchev–Trinajstić information content (AvgIpc) is 3.27. The number of aliphatic imine (C=N–C) groups is 1. The molecule has 0 amide bonds. The molecule has 2 N–H and O–H groups in total. The predicted octanol–water partition coefficient (Wildman–Crippen LogP) is 2.60. The highest BCUT2D eigenvalue weighted by atomic mass is 16.5. The molecule has 0 aliphatic carbocycles. The van der Waals surface area contributed by atoms with Crippen molar-refractivity contribution in [2.45, 2.75) is 33.9 Å². The fraction of sp³-hybridized carbons (Fsp3) is 0.333. The number of aromatic nitrogens is 3. The predicted molar refractivity (Wildman–Crippen MR) is 97.4 cm³/mol. The van der Waals surface area contributed by atoms with Crippen LogP contribution >= 0.6 is 0 Å². The number of aryl methyl sites for hydroxylation is 2. The van der Waals surface area contributed by atoms with Crippen LogP contribution in [0.2, 0.25) is 0 Å². The standard InChI is InChI=1S/C18H22N6O2/c1-4-19-18(21-10-16-22-13(3)24-26-16)20-9-15-11-25-17(23-15)14-7-5-12(2)6-8-14/h5-8,11H,4,9-10H2,1-3H3,(H2,19,20,21). The van der Waals surface area contributed by atoms with Crippen molar-refractivity contribution >= 4 is 5.96 Å². The van der Waals surface area contributed by atoms with Gasteiger partial charge in [0.15, 0.2) is 11.8 Å². The molecule has 3 rings (SSSR count). The Balaban J connectivity index is 1.62. The van der Waals surface area contributed by atoms with E-state index in [1.54, 1.807) is 13.2 Å². The van der Waals surface area contributed by atoms with Gasteiger partial charge in [-0.25, -0.2) is 9.98 Å². The summed E-state index contributed by atoms with van der Waals surface area (Å²) in [6, 6.07) is 8.05. The molecule has 3 aromatic rings. The first-order chi connectivity index (χ1) is 12.6. The minimum atomic E-state index is 0.396. The van der Waals surface area contributed by atoms with Crippen LogP contribution in [-0.2, 0) is 13.1 Å². The van der Waals surface area contributed by atoms with Gasteiger partial charge in [-0.05, 0) is 32.9 Å². The molecule has 8 nitrogen and oxygen atoms in total. The van der Waals surface area contributed by atoms with Gasteiger partial charge in [-0.15, -0.1) is 0 Å². The lowest BCUT2D eigenvalue weighted by Gasteiger charge is -2.08. The minimum Gasteiger partial charge on any atom is -0.444 e. The zero-order valence-electron chi connectivity index (χ0n) is 15.1. The highest BCUT2D eigenvalue weighted by molar-refractivity contribution is 5.79. The Hall–Kier alpha value is -3.16. The van der Waals surface area contributed by atoms with Crippen LogP contribution in [0.3, 0.4) is 0 Å². The molecule has 2 aromatic heterocycles. The van der Waals surface area contributed by atoms with Gasteiger partial charge in [0.25, 0.3) is 0 Å². The van der Waals surface area contributed by atoms with E-state index in [2.05, 4.69) is 30.8 Å². The fourth-order valence-corrected chi connectivity index (χ4v) is 2.28. The second-order valence-corrected chi connectivity index (χ2v) is 5.79. The Labute approximate surface area is 151 Å². The molecule has 136 valence electrons. The first-order valence-electron chi connectivity index (χ1n) is 8.47. The van der Waals surface area contributed by atoms with Crippen molar-refractivity contribution < 1.29 is 8.94 Å². The number of nitrogens with one attached hydrogen (secondary N) is 2. The third-order valence-electron chi connectivity index (χ3n) is 3.57. The Morgan fingerprint density at radius 2 is 1.92 bits per heavy atom. The number of hydrogen-bond acceptors (Lipinski definition) is 6. The summed E-state index contributed by atoms with van der Waals surface area (Å²) in [4.78, 5) is 13.2. The normalized spacial score (nSPS) is 11.6. The third kappa shape index (κ3) is 4.69. The molecule has 1 aromatic carbocycles. The topological polar surface area (TPSA) is 101 Å². The largest absolute Gasteiger partial charge is 0.444 e. The van der Waals surface area contributed by atoms with Gasteiger partial charge in [-0.2, -0.15) is 4.98 Å². The zero-order chi connectivity index (χ0) is 18.4. The molecule has 0 saturated carbocycles. The number of oxazole rings is 1. The number of nitrogens with zero attached hydrogens (tertiary/aromatic N) is 4. The lowest BCUT2D eigenvalue weighted by molar-refractivity contribution is 0.371. The Morgan fingerprint density at radius 3 is 2.62 bits per heavy atom. The van der Waals surface area contributed by atoms with Crippen LogP contribution in [0.25, 0.3) is 11.5 Å². The lowest BCUT2D eigenvalue weighted by atomic mass is 10.1. The molecular weight excluding hydrogens is 332 g/mol. The summed E-state index contributed by atoms with van der Waals surface area (Å²) < 4.78 is 10.6. The van der Waals surface area contributed by atoms with Crippen molar-refractivity contribution in [1.29, 1.82) is 0 Å². The first-order valence-corrected chi connectivity index (χ1v) is 8.47. The molecule has 0 aliphatic heterocycles. The van der Waals surface area contributed by atoms with Crippen LogP contribution in [-0.4, -0.2) is 27.6 Å². The molecule has 8 heteroatoms. The SMILES string of the molecule is CCNC(=NCc1coc(-c2ccc(C)cc2)n1)NCc1nc(C)no1. The summed E-state index contributed by atoms with van der Waals surface area (Å²) >= 11 is 0. The second kappa shape index (κ2) is 8.28. The molecule has 0 fully saturated rings. The van der Waals surface area contributed by atoms with E-state index in [9.17, 15) is 0 Å². The molecule has 0 spiro atoms.